The van der Waals surface area contributed by atoms with Crippen LogP contribution in [0.3, 0.4) is 0 Å². The molecule has 3 aromatic rings. The number of likely N-dealkylation sites (tertiary alicyclic amines) is 1. The zero-order chi connectivity index (χ0) is 29.1. The molecule has 1 heterocycles. The molecule has 6 nitrogen and oxygen atoms in total. The predicted octanol–water partition coefficient (Wildman–Crippen LogP) is 5.77. The van der Waals surface area contributed by atoms with E-state index in [2.05, 4.69) is 29.3 Å². The summed E-state index contributed by atoms with van der Waals surface area (Å²) >= 11 is 0. The van der Waals surface area contributed by atoms with Gasteiger partial charge in [-0.2, -0.15) is 0 Å². The Morgan fingerprint density at radius 3 is 2.40 bits per heavy atom. The maximum Gasteiger partial charge on any atom is 0.255 e. The molecule has 3 N–H and O–H groups in total. The van der Waals surface area contributed by atoms with Gasteiger partial charge < -0.3 is 15.5 Å². The zero-order valence-corrected chi connectivity index (χ0v) is 24.4. The molecule has 4 aliphatic rings. The lowest BCUT2D eigenvalue weighted by atomic mass is 9.44. The number of fused-ring (bicyclic) bond motifs is 1. The molecule has 2 unspecified atom stereocenters. The van der Waals surface area contributed by atoms with E-state index in [1.54, 1.807) is 18.2 Å². The average molecular weight is 565 g/mol. The number of aromatic hydroxyl groups is 2. The normalized spacial score (nSPS) is 26.8. The average Bonchev–Trinajstić information content (AvgIpc) is 3.80. The summed E-state index contributed by atoms with van der Waals surface area (Å²) in [5.74, 6) is 1.14. The van der Waals surface area contributed by atoms with E-state index in [9.17, 15) is 19.8 Å². The minimum atomic E-state index is -0.416. The molecule has 42 heavy (non-hydrogen) atoms. The van der Waals surface area contributed by atoms with Gasteiger partial charge in [0.1, 0.15) is 17.3 Å². The molecule has 3 aliphatic carbocycles. The number of hydrogen-bond acceptors (Lipinski definition) is 5. The lowest BCUT2D eigenvalue weighted by molar-refractivity contribution is -0.136. The summed E-state index contributed by atoms with van der Waals surface area (Å²) in [7, 11) is 0. The second-order valence-corrected chi connectivity index (χ2v) is 13.4. The van der Waals surface area contributed by atoms with Crippen LogP contribution in [-0.2, 0) is 23.1 Å². The van der Waals surface area contributed by atoms with Crippen LogP contribution in [0.2, 0.25) is 0 Å². The van der Waals surface area contributed by atoms with E-state index >= 15 is 0 Å². The number of ketones is 1. The Kier molecular flexibility index (Phi) is 6.65. The van der Waals surface area contributed by atoms with Gasteiger partial charge in [-0.25, -0.2) is 0 Å². The summed E-state index contributed by atoms with van der Waals surface area (Å²) in [5.41, 5.74) is 4.98. The van der Waals surface area contributed by atoms with E-state index in [1.165, 1.54) is 12.8 Å². The number of phenolic OH excluding ortho intramolecular Hbond substituents is 2. The molecule has 3 aromatic carbocycles. The van der Waals surface area contributed by atoms with Crippen molar-refractivity contribution in [3.05, 3.63) is 82.9 Å². The fourth-order valence-corrected chi connectivity index (χ4v) is 8.38. The lowest BCUT2D eigenvalue weighted by Crippen LogP contribution is -2.68. The van der Waals surface area contributed by atoms with Crippen molar-refractivity contribution in [2.45, 2.75) is 69.7 Å². The molecule has 1 aliphatic heterocycles. The second kappa shape index (κ2) is 10.3. The number of nitrogens with one attached hydrogen (secondary N) is 1. The van der Waals surface area contributed by atoms with Gasteiger partial charge in [0, 0.05) is 43.0 Å². The third-order valence-corrected chi connectivity index (χ3v) is 11.0. The fraction of sp³-hybridized carbons (Fsp3) is 0.444. The quantitative estimate of drug-likeness (QED) is 0.339. The maximum atomic E-state index is 13.4. The Balaban J connectivity index is 1.09. The minimum absolute atomic E-state index is 0.0817. The van der Waals surface area contributed by atoms with E-state index in [0.29, 0.717) is 37.4 Å². The van der Waals surface area contributed by atoms with Crippen LogP contribution in [0.15, 0.2) is 60.7 Å². The zero-order valence-electron chi connectivity index (χ0n) is 24.4. The van der Waals surface area contributed by atoms with Crippen molar-refractivity contribution in [1.29, 1.82) is 0 Å². The molecule has 2 saturated carbocycles. The van der Waals surface area contributed by atoms with Gasteiger partial charge >= 0.3 is 0 Å². The van der Waals surface area contributed by atoms with Crippen molar-refractivity contribution in [3.8, 4) is 22.6 Å². The maximum absolute atomic E-state index is 13.4. The van der Waals surface area contributed by atoms with Gasteiger partial charge in [-0.05, 0) is 96.9 Å². The molecule has 0 spiro atoms. The van der Waals surface area contributed by atoms with Crippen LogP contribution in [0.1, 0.15) is 72.5 Å². The monoisotopic (exact) mass is 564 g/mol. The Bertz CT molecular complexity index is 1530. The minimum Gasteiger partial charge on any atom is -0.508 e. The molecular formula is C36H40N2O4. The number of piperidine rings is 1. The van der Waals surface area contributed by atoms with Gasteiger partial charge in [0.2, 0.25) is 0 Å². The molecule has 218 valence electrons. The molecule has 3 fully saturated rings. The first-order valence-corrected chi connectivity index (χ1v) is 15.5. The highest BCUT2D eigenvalue weighted by Gasteiger charge is 2.63. The van der Waals surface area contributed by atoms with Gasteiger partial charge in [-0.15, -0.1) is 0 Å². The summed E-state index contributed by atoms with van der Waals surface area (Å²) in [6.07, 6.45) is 6.95. The summed E-state index contributed by atoms with van der Waals surface area (Å²) in [6.45, 7) is 4.90. The number of Topliss-reactive ketones (excluding diaryl/α,β-unsaturated/α-hetero) is 1. The summed E-state index contributed by atoms with van der Waals surface area (Å²) in [4.78, 5) is 29.1. The van der Waals surface area contributed by atoms with Crippen LogP contribution in [0.25, 0.3) is 11.1 Å². The Morgan fingerprint density at radius 1 is 0.976 bits per heavy atom. The van der Waals surface area contributed by atoms with Crippen molar-refractivity contribution in [1.82, 2.24) is 10.2 Å². The van der Waals surface area contributed by atoms with Crippen molar-refractivity contribution in [3.63, 3.8) is 0 Å². The van der Waals surface area contributed by atoms with Crippen LogP contribution in [0, 0.1) is 11.3 Å². The Hall–Kier alpha value is -3.64. The SMILES string of the molecule is CC12CCC(=O)CC13CCN(CC1CC1)[C@@H]2Cc1ccc(C(=O)NCCc2ccc(-c4ccc(O)cc4)cc2)c(O)c13. The number of amides is 1. The molecular weight excluding hydrogens is 524 g/mol. The number of carbonyl (C=O) groups excluding carboxylic acids is 2. The van der Waals surface area contributed by atoms with E-state index in [0.717, 1.165) is 66.1 Å². The Labute approximate surface area is 247 Å². The van der Waals surface area contributed by atoms with E-state index in [1.807, 2.05) is 30.3 Å². The molecule has 0 radical (unpaired) electrons. The van der Waals surface area contributed by atoms with Crippen LogP contribution < -0.4 is 5.32 Å². The number of nitrogens with zero attached hydrogens (tertiary/aromatic N) is 1. The largest absolute Gasteiger partial charge is 0.508 e. The van der Waals surface area contributed by atoms with Crippen LogP contribution in [0.5, 0.6) is 11.5 Å². The standard InChI is InChI=1S/C36H40N2O4/c1-35-16-14-29(40)21-36(35)17-19-38(22-24-2-3-24)31(35)20-27-10-13-30(33(41)32(27)36)34(42)37-18-15-23-4-6-25(7-5-23)26-8-11-28(39)12-9-26/h4-13,24,31,39,41H,2-3,14-22H2,1H3,(H,37,42)/t31-,35?,36?/m1/s1. The number of hydrogen-bond donors (Lipinski definition) is 3. The molecule has 7 rings (SSSR count). The van der Waals surface area contributed by atoms with Crippen molar-refractivity contribution in [2.24, 2.45) is 11.3 Å². The highest BCUT2D eigenvalue weighted by atomic mass is 16.3. The van der Waals surface area contributed by atoms with Crippen LogP contribution in [0.4, 0.5) is 0 Å². The summed E-state index contributed by atoms with van der Waals surface area (Å²) in [6, 6.07) is 19.5. The van der Waals surface area contributed by atoms with E-state index < -0.39 is 5.41 Å². The van der Waals surface area contributed by atoms with Gasteiger partial charge in [0.15, 0.2) is 0 Å². The fourth-order valence-electron chi connectivity index (χ4n) is 8.38. The lowest BCUT2D eigenvalue weighted by Gasteiger charge is -2.65. The van der Waals surface area contributed by atoms with Gasteiger partial charge in [0.25, 0.3) is 5.91 Å². The highest BCUT2D eigenvalue weighted by molar-refractivity contribution is 5.98. The number of carbonyl (C=O) groups is 2. The molecule has 3 atom stereocenters. The smallest absolute Gasteiger partial charge is 0.255 e. The van der Waals surface area contributed by atoms with Crippen molar-refractivity contribution < 1.29 is 19.8 Å². The van der Waals surface area contributed by atoms with Crippen molar-refractivity contribution in [2.75, 3.05) is 19.6 Å². The predicted molar refractivity (Wildman–Crippen MR) is 163 cm³/mol. The molecule has 2 bridgehead atoms. The summed E-state index contributed by atoms with van der Waals surface area (Å²) in [5, 5.41) is 24.3. The second-order valence-electron chi connectivity index (χ2n) is 13.4. The highest BCUT2D eigenvalue weighted by Crippen LogP contribution is 2.64. The van der Waals surface area contributed by atoms with Gasteiger partial charge in [-0.1, -0.05) is 49.4 Å². The summed E-state index contributed by atoms with van der Waals surface area (Å²) < 4.78 is 0. The van der Waals surface area contributed by atoms with E-state index in [-0.39, 0.29) is 28.6 Å². The molecule has 1 amide bonds. The Morgan fingerprint density at radius 2 is 1.69 bits per heavy atom. The first kappa shape index (κ1) is 27.2. The van der Waals surface area contributed by atoms with Gasteiger partial charge in [-0.3, -0.25) is 14.5 Å². The number of benzene rings is 3. The third kappa shape index (κ3) is 4.51. The molecule has 0 aromatic heterocycles. The number of phenols is 2. The van der Waals surface area contributed by atoms with E-state index in [4.69, 9.17) is 0 Å². The molecule has 6 heteroatoms. The first-order chi connectivity index (χ1) is 20.3. The van der Waals surface area contributed by atoms with Crippen LogP contribution >= 0.6 is 0 Å². The van der Waals surface area contributed by atoms with Crippen molar-refractivity contribution >= 4 is 11.7 Å². The van der Waals surface area contributed by atoms with Crippen LogP contribution in [-0.4, -0.2) is 52.5 Å². The van der Waals surface area contributed by atoms with Gasteiger partial charge in [0.05, 0.1) is 5.56 Å². The third-order valence-electron chi connectivity index (χ3n) is 11.0. The molecule has 1 saturated heterocycles. The first-order valence-electron chi connectivity index (χ1n) is 15.5. The topological polar surface area (TPSA) is 89.9 Å². The number of rotatable bonds is 7.